The second-order valence-corrected chi connectivity index (χ2v) is 8.87. The zero-order chi connectivity index (χ0) is 23.4. The standard InChI is InChI=1S/C24H25ClN4O3S/c1-4-12-32-18-10-7-9-16(13-18)21-20(22(30)31-3)15(2)26-23-27-24(28-29(21)23)33-14-17-8-5-6-11-19(17)25/h5-11,13,21H,4,12,14H2,1-3H3,(H,26,27,28). The Morgan fingerprint density at radius 2 is 2.06 bits per heavy atom. The summed E-state index contributed by atoms with van der Waals surface area (Å²) >= 11 is 7.78. The molecule has 1 aliphatic rings. The van der Waals surface area contributed by atoms with E-state index in [-0.39, 0.29) is 0 Å². The van der Waals surface area contributed by atoms with E-state index in [4.69, 9.17) is 26.2 Å². The summed E-state index contributed by atoms with van der Waals surface area (Å²) in [6, 6.07) is 14.9. The number of anilines is 1. The van der Waals surface area contributed by atoms with E-state index in [2.05, 4.69) is 17.2 Å². The maximum absolute atomic E-state index is 12.8. The third-order valence-corrected chi connectivity index (χ3v) is 6.45. The quantitative estimate of drug-likeness (QED) is 0.335. The molecule has 4 rings (SSSR count). The Morgan fingerprint density at radius 3 is 2.82 bits per heavy atom. The molecule has 7 nitrogen and oxygen atoms in total. The number of hydrogen-bond acceptors (Lipinski definition) is 7. The van der Waals surface area contributed by atoms with Gasteiger partial charge in [-0.05, 0) is 42.7 Å². The lowest BCUT2D eigenvalue weighted by Gasteiger charge is -2.28. The molecule has 0 radical (unpaired) electrons. The Balaban J connectivity index is 1.70. The molecule has 0 bridgehead atoms. The molecule has 3 aromatic rings. The van der Waals surface area contributed by atoms with Crippen LogP contribution in [-0.4, -0.2) is 34.5 Å². The predicted octanol–water partition coefficient (Wildman–Crippen LogP) is 5.47. The highest BCUT2D eigenvalue weighted by Crippen LogP contribution is 2.38. The molecule has 1 unspecified atom stereocenters. The average Bonchev–Trinajstić information content (AvgIpc) is 3.23. The number of benzene rings is 2. The first-order chi connectivity index (χ1) is 16.0. The van der Waals surface area contributed by atoms with Crippen LogP contribution in [0.2, 0.25) is 5.02 Å². The molecule has 2 aromatic carbocycles. The normalized spacial score (nSPS) is 15.1. The van der Waals surface area contributed by atoms with Gasteiger partial charge in [-0.2, -0.15) is 4.98 Å². The lowest BCUT2D eigenvalue weighted by atomic mass is 9.95. The first-order valence-electron chi connectivity index (χ1n) is 10.6. The number of carbonyl (C=O) groups excluding carboxylic acids is 1. The van der Waals surface area contributed by atoms with Gasteiger partial charge in [-0.3, -0.25) is 0 Å². The number of ether oxygens (including phenoxy) is 2. The summed E-state index contributed by atoms with van der Waals surface area (Å²) in [7, 11) is 1.38. The van der Waals surface area contributed by atoms with E-state index in [1.165, 1.54) is 18.9 Å². The van der Waals surface area contributed by atoms with Crippen LogP contribution in [0.4, 0.5) is 5.95 Å². The van der Waals surface area contributed by atoms with Crippen molar-refractivity contribution in [1.82, 2.24) is 14.8 Å². The lowest BCUT2D eigenvalue weighted by Crippen LogP contribution is -2.29. The van der Waals surface area contributed by atoms with E-state index in [0.717, 1.165) is 23.3 Å². The highest BCUT2D eigenvalue weighted by molar-refractivity contribution is 7.98. The fraction of sp³-hybridized carbons (Fsp3) is 0.292. The van der Waals surface area contributed by atoms with E-state index >= 15 is 0 Å². The topological polar surface area (TPSA) is 78.3 Å². The predicted molar refractivity (Wildman–Crippen MR) is 130 cm³/mol. The van der Waals surface area contributed by atoms with Gasteiger partial charge in [0.2, 0.25) is 11.1 Å². The zero-order valence-corrected chi connectivity index (χ0v) is 20.2. The number of thioether (sulfide) groups is 1. The van der Waals surface area contributed by atoms with Crippen LogP contribution < -0.4 is 10.1 Å². The Morgan fingerprint density at radius 1 is 1.24 bits per heavy atom. The molecule has 0 aliphatic carbocycles. The minimum Gasteiger partial charge on any atom is -0.494 e. The fourth-order valence-corrected chi connectivity index (χ4v) is 4.74. The van der Waals surface area contributed by atoms with Crippen molar-refractivity contribution in [2.24, 2.45) is 0 Å². The molecule has 0 fully saturated rings. The number of rotatable bonds is 8. The second kappa shape index (κ2) is 10.3. The number of halogens is 1. The highest BCUT2D eigenvalue weighted by atomic mass is 35.5. The molecule has 33 heavy (non-hydrogen) atoms. The van der Waals surface area contributed by atoms with Crippen LogP contribution in [0.25, 0.3) is 0 Å². The van der Waals surface area contributed by atoms with E-state index in [9.17, 15) is 4.79 Å². The van der Waals surface area contributed by atoms with Gasteiger partial charge in [-0.15, -0.1) is 5.10 Å². The molecule has 0 spiro atoms. The number of allylic oxidation sites excluding steroid dienone is 1. The van der Waals surface area contributed by atoms with E-state index in [1.807, 2.05) is 55.5 Å². The minimum absolute atomic E-state index is 0.420. The molecule has 0 amide bonds. The van der Waals surface area contributed by atoms with Crippen LogP contribution in [0.15, 0.2) is 65.0 Å². The number of methoxy groups -OCH3 is 1. The summed E-state index contributed by atoms with van der Waals surface area (Å²) in [4.78, 5) is 17.4. The first kappa shape index (κ1) is 23.2. The Kier molecular flexibility index (Phi) is 7.25. The molecule has 0 saturated heterocycles. The number of nitrogens with zero attached hydrogens (tertiary/aromatic N) is 3. The van der Waals surface area contributed by atoms with Crippen molar-refractivity contribution in [3.8, 4) is 5.75 Å². The van der Waals surface area contributed by atoms with E-state index in [0.29, 0.717) is 39.8 Å². The number of hydrogen-bond donors (Lipinski definition) is 1. The molecule has 1 aromatic heterocycles. The van der Waals surface area contributed by atoms with Gasteiger partial charge in [0.25, 0.3) is 0 Å². The van der Waals surface area contributed by atoms with Crippen molar-refractivity contribution >= 4 is 35.3 Å². The maximum atomic E-state index is 12.8. The molecule has 172 valence electrons. The van der Waals surface area contributed by atoms with E-state index < -0.39 is 12.0 Å². The maximum Gasteiger partial charge on any atom is 0.338 e. The summed E-state index contributed by atoms with van der Waals surface area (Å²) in [5.41, 5.74) is 3.02. The smallest absolute Gasteiger partial charge is 0.338 e. The lowest BCUT2D eigenvalue weighted by molar-refractivity contribution is -0.136. The number of nitrogens with one attached hydrogen (secondary N) is 1. The van der Waals surface area contributed by atoms with Gasteiger partial charge in [0.1, 0.15) is 11.8 Å². The minimum atomic E-state index is -0.499. The number of carbonyl (C=O) groups is 1. The van der Waals surface area contributed by atoms with Crippen LogP contribution in [0.3, 0.4) is 0 Å². The molecule has 1 N–H and O–H groups in total. The van der Waals surface area contributed by atoms with Gasteiger partial charge in [-0.25, -0.2) is 9.48 Å². The van der Waals surface area contributed by atoms with Crippen molar-refractivity contribution in [3.05, 3.63) is 76.0 Å². The van der Waals surface area contributed by atoms with Gasteiger partial charge in [0.15, 0.2) is 0 Å². The number of aromatic nitrogens is 3. The SMILES string of the molecule is CCCOc1cccc(C2C(C(=O)OC)=C(C)Nc3nc(SCc4ccccc4Cl)nn32)c1. The summed E-state index contributed by atoms with van der Waals surface area (Å²) in [5.74, 6) is 1.51. The second-order valence-electron chi connectivity index (χ2n) is 7.52. The third-order valence-electron chi connectivity index (χ3n) is 5.20. The molecular formula is C24H25ClN4O3S. The van der Waals surface area contributed by atoms with Crippen molar-refractivity contribution in [2.75, 3.05) is 19.0 Å². The van der Waals surface area contributed by atoms with Gasteiger partial charge >= 0.3 is 5.97 Å². The fourth-order valence-electron chi connectivity index (χ4n) is 3.63. The van der Waals surface area contributed by atoms with Crippen molar-refractivity contribution in [2.45, 2.75) is 37.2 Å². The average molecular weight is 485 g/mol. The Hall–Kier alpha value is -2.97. The summed E-state index contributed by atoms with van der Waals surface area (Å²) in [6.45, 7) is 4.51. The Bertz CT molecular complexity index is 1190. The van der Waals surface area contributed by atoms with Gasteiger partial charge < -0.3 is 14.8 Å². The molecular weight excluding hydrogens is 460 g/mol. The monoisotopic (exact) mass is 484 g/mol. The summed E-state index contributed by atoms with van der Waals surface area (Å²) in [6.07, 6.45) is 0.906. The van der Waals surface area contributed by atoms with Crippen LogP contribution >= 0.6 is 23.4 Å². The van der Waals surface area contributed by atoms with Crippen LogP contribution in [0.1, 0.15) is 37.4 Å². The highest BCUT2D eigenvalue weighted by Gasteiger charge is 2.35. The largest absolute Gasteiger partial charge is 0.494 e. The third kappa shape index (κ3) is 5.02. The summed E-state index contributed by atoms with van der Waals surface area (Å²) < 4.78 is 12.6. The zero-order valence-electron chi connectivity index (χ0n) is 18.7. The van der Waals surface area contributed by atoms with Crippen LogP contribution in [-0.2, 0) is 15.3 Å². The van der Waals surface area contributed by atoms with Crippen molar-refractivity contribution in [3.63, 3.8) is 0 Å². The molecule has 1 atom stereocenters. The molecule has 2 heterocycles. The molecule has 1 aliphatic heterocycles. The summed E-state index contributed by atoms with van der Waals surface area (Å²) in [5, 5.41) is 9.22. The van der Waals surface area contributed by atoms with Gasteiger partial charge in [-0.1, -0.05) is 60.6 Å². The van der Waals surface area contributed by atoms with Gasteiger partial charge in [0, 0.05) is 16.5 Å². The van der Waals surface area contributed by atoms with Gasteiger partial charge in [0.05, 0.1) is 19.3 Å². The van der Waals surface area contributed by atoms with Crippen molar-refractivity contribution in [1.29, 1.82) is 0 Å². The van der Waals surface area contributed by atoms with Crippen LogP contribution in [0.5, 0.6) is 5.75 Å². The molecule has 0 saturated carbocycles. The van der Waals surface area contributed by atoms with Crippen molar-refractivity contribution < 1.29 is 14.3 Å². The first-order valence-corrected chi connectivity index (χ1v) is 12.0. The van der Waals surface area contributed by atoms with Crippen LogP contribution in [0, 0.1) is 0 Å². The number of fused-ring (bicyclic) bond motifs is 1. The molecule has 9 heteroatoms. The number of esters is 1. The van der Waals surface area contributed by atoms with E-state index in [1.54, 1.807) is 4.68 Å². The Labute approximate surface area is 202 Å².